The van der Waals surface area contributed by atoms with Gasteiger partial charge in [0.25, 0.3) is 10.0 Å². The maximum atomic E-state index is 12.3. The molecule has 2 N–H and O–H groups in total. The van der Waals surface area contributed by atoms with Gasteiger partial charge in [-0.15, -0.1) is 11.3 Å². The molecule has 112 valence electrons. The third kappa shape index (κ3) is 3.20. The van der Waals surface area contributed by atoms with Gasteiger partial charge in [-0.2, -0.15) is 0 Å². The average Bonchev–Trinajstić information content (AvgIpc) is 2.72. The normalized spacial score (nSPS) is 11.4. The number of carbonyl (C=O) groups is 1. The molecule has 0 aliphatic carbocycles. The molecule has 0 saturated heterocycles. The summed E-state index contributed by atoms with van der Waals surface area (Å²) in [5.74, 6) is -1.20. The van der Waals surface area contributed by atoms with Gasteiger partial charge in [-0.1, -0.05) is 23.7 Å². The van der Waals surface area contributed by atoms with Crippen LogP contribution in [0.1, 0.15) is 21.5 Å². The van der Waals surface area contributed by atoms with Gasteiger partial charge in [0, 0.05) is 0 Å². The van der Waals surface area contributed by atoms with Gasteiger partial charge in [0.2, 0.25) is 0 Å². The van der Waals surface area contributed by atoms with Crippen LogP contribution in [-0.4, -0.2) is 19.5 Å². The highest BCUT2D eigenvalue weighted by molar-refractivity contribution is 7.94. The predicted molar refractivity (Wildman–Crippen MR) is 83.0 cm³/mol. The van der Waals surface area contributed by atoms with Gasteiger partial charge >= 0.3 is 5.97 Å². The quantitative estimate of drug-likeness (QED) is 0.888. The molecule has 2 aromatic rings. The van der Waals surface area contributed by atoms with Crippen LogP contribution < -0.4 is 4.72 Å². The predicted octanol–water partition coefficient (Wildman–Crippen LogP) is 3.52. The van der Waals surface area contributed by atoms with Gasteiger partial charge in [-0.3, -0.25) is 4.72 Å². The van der Waals surface area contributed by atoms with Gasteiger partial charge in [0.1, 0.15) is 4.21 Å². The molecule has 0 radical (unpaired) electrons. The van der Waals surface area contributed by atoms with E-state index in [2.05, 4.69) is 4.72 Å². The SMILES string of the molecule is Cc1cc(S(=O)(=O)Nc2c(C)cccc2C(=O)O)sc1Cl. The lowest BCUT2D eigenvalue weighted by Gasteiger charge is -2.12. The largest absolute Gasteiger partial charge is 0.478 e. The highest BCUT2D eigenvalue weighted by atomic mass is 35.5. The monoisotopic (exact) mass is 345 g/mol. The lowest BCUT2D eigenvalue weighted by Crippen LogP contribution is -2.15. The number of aryl methyl sites for hydroxylation is 2. The standard InChI is InChI=1S/C13H12ClNO4S2/c1-7-4-3-5-9(13(16)17)11(7)15-21(18,19)10-6-8(2)12(14)20-10/h3-6,15H,1-2H3,(H,16,17). The number of thiophene rings is 1. The molecule has 0 saturated carbocycles. The number of hydrogen-bond acceptors (Lipinski definition) is 4. The van der Waals surface area contributed by atoms with Crippen LogP contribution in [0, 0.1) is 13.8 Å². The number of carboxylic acids is 1. The number of hydrogen-bond donors (Lipinski definition) is 2. The Bertz CT molecular complexity index is 792. The number of benzene rings is 1. The van der Waals surface area contributed by atoms with Crippen LogP contribution in [0.2, 0.25) is 4.34 Å². The van der Waals surface area contributed by atoms with Crippen molar-refractivity contribution >= 4 is 44.6 Å². The number of aromatic carboxylic acids is 1. The molecule has 0 aliphatic rings. The number of carboxylic acid groups (broad SMARTS) is 1. The summed E-state index contributed by atoms with van der Waals surface area (Å²) >= 11 is 6.81. The first-order valence-electron chi connectivity index (χ1n) is 5.84. The maximum Gasteiger partial charge on any atom is 0.337 e. The van der Waals surface area contributed by atoms with Crippen molar-refractivity contribution in [3.8, 4) is 0 Å². The second-order valence-electron chi connectivity index (χ2n) is 4.43. The average molecular weight is 346 g/mol. The summed E-state index contributed by atoms with van der Waals surface area (Å²) in [6.07, 6.45) is 0. The molecule has 5 nitrogen and oxygen atoms in total. The number of halogens is 1. The molecule has 1 aromatic carbocycles. The molecular weight excluding hydrogens is 334 g/mol. The minimum atomic E-state index is -3.87. The molecule has 1 heterocycles. The zero-order chi connectivity index (χ0) is 15.8. The van der Waals surface area contributed by atoms with Crippen LogP contribution in [0.5, 0.6) is 0 Å². The summed E-state index contributed by atoms with van der Waals surface area (Å²) in [6, 6.07) is 5.99. The highest BCUT2D eigenvalue weighted by Gasteiger charge is 2.22. The molecule has 8 heteroatoms. The van der Waals surface area contributed by atoms with Crippen molar-refractivity contribution in [1.82, 2.24) is 0 Å². The molecule has 0 amide bonds. The molecule has 0 unspecified atom stereocenters. The smallest absolute Gasteiger partial charge is 0.337 e. The van der Waals surface area contributed by atoms with Crippen molar-refractivity contribution < 1.29 is 18.3 Å². The molecule has 1 aromatic heterocycles. The molecular formula is C13H12ClNO4S2. The summed E-state index contributed by atoms with van der Waals surface area (Å²) in [6.45, 7) is 3.34. The van der Waals surface area contributed by atoms with E-state index in [1.807, 2.05) is 0 Å². The fraction of sp³-hybridized carbons (Fsp3) is 0.154. The van der Waals surface area contributed by atoms with Crippen LogP contribution in [0.3, 0.4) is 0 Å². The van der Waals surface area contributed by atoms with Crippen molar-refractivity contribution in [2.75, 3.05) is 4.72 Å². The Morgan fingerprint density at radius 1 is 1.29 bits per heavy atom. The first-order valence-corrected chi connectivity index (χ1v) is 8.52. The third-order valence-corrected chi connectivity index (χ3v) is 6.22. The van der Waals surface area contributed by atoms with E-state index >= 15 is 0 Å². The summed E-state index contributed by atoms with van der Waals surface area (Å²) < 4.78 is 27.5. The van der Waals surface area contributed by atoms with Crippen LogP contribution in [0.25, 0.3) is 0 Å². The van der Waals surface area contributed by atoms with Crippen LogP contribution in [-0.2, 0) is 10.0 Å². The highest BCUT2D eigenvalue weighted by Crippen LogP contribution is 2.32. The summed E-state index contributed by atoms with van der Waals surface area (Å²) in [7, 11) is -3.87. The van der Waals surface area contributed by atoms with Crippen LogP contribution in [0.4, 0.5) is 5.69 Å². The fourth-order valence-corrected chi connectivity index (χ4v) is 4.59. The molecule has 0 bridgehead atoms. The van der Waals surface area contributed by atoms with E-state index in [9.17, 15) is 13.2 Å². The molecule has 0 atom stereocenters. The number of nitrogens with one attached hydrogen (secondary N) is 1. The van der Waals surface area contributed by atoms with Gasteiger partial charge in [0.05, 0.1) is 15.6 Å². The number of sulfonamides is 1. The summed E-state index contributed by atoms with van der Waals surface area (Å²) in [5.41, 5.74) is 1.15. The van der Waals surface area contributed by atoms with E-state index in [-0.39, 0.29) is 15.5 Å². The van der Waals surface area contributed by atoms with Crippen LogP contribution in [0.15, 0.2) is 28.5 Å². The van der Waals surface area contributed by atoms with Gasteiger partial charge in [0.15, 0.2) is 0 Å². The van der Waals surface area contributed by atoms with E-state index in [0.29, 0.717) is 15.5 Å². The lowest BCUT2D eigenvalue weighted by molar-refractivity contribution is 0.0698. The zero-order valence-corrected chi connectivity index (χ0v) is 13.6. The van der Waals surface area contributed by atoms with E-state index in [1.54, 1.807) is 26.0 Å². The van der Waals surface area contributed by atoms with Crippen molar-refractivity contribution in [3.63, 3.8) is 0 Å². The first-order chi connectivity index (χ1) is 9.72. The van der Waals surface area contributed by atoms with E-state index in [1.165, 1.54) is 12.1 Å². The zero-order valence-electron chi connectivity index (χ0n) is 11.2. The second kappa shape index (κ2) is 5.67. The summed E-state index contributed by atoms with van der Waals surface area (Å²) in [4.78, 5) is 11.2. The molecule has 0 fully saturated rings. The van der Waals surface area contributed by atoms with Crippen LogP contribution >= 0.6 is 22.9 Å². The summed E-state index contributed by atoms with van der Waals surface area (Å²) in [5, 5.41) is 9.15. The Kier molecular flexibility index (Phi) is 4.27. The Morgan fingerprint density at radius 3 is 2.48 bits per heavy atom. The molecule has 2 rings (SSSR count). The molecule has 0 spiro atoms. The van der Waals surface area contributed by atoms with Crippen molar-refractivity contribution in [2.24, 2.45) is 0 Å². The fourth-order valence-electron chi connectivity index (χ4n) is 1.73. The Balaban J connectivity index is 2.49. The minimum Gasteiger partial charge on any atom is -0.478 e. The van der Waals surface area contributed by atoms with Gasteiger partial charge in [-0.25, -0.2) is 13.2 Å². The Labute approximate surface area is 131 Å². The Morgan fingerprint density at radius 2 is 1.95 bits per heavy atom. The molecule has 21 heavy (non-hydrogen) atoms. The van der Waals surface area contributed by atoms with E-state index in [0.717, 1.165) is 11.3 Å². The number of para-hydroxylation sites is 1. The first kappa shape index (κ1) is 15.8. The third-order valence-electron chi connectivity index (χ3n) is 2.84. The maximum absolute atomic E-state index is 12.3. The Hall–Kier alpha value is -1.57. The van der Waals surface area contributed by atoms with Gasteiger partial charge in [-0.05, 0) is 37.1 Å². The van der Waals surface area contributed by atoms with Crippen molar-refractivity contribution in [3.05, 3.63) is 45.3 Å². The topological polar surface area (TPSA) is 83.5 Å². The van der Waals surface area contributed by atoms with E-state index in [4.69, 9.17) is 16.7 Å². The number of rotatable bonds is 4. The lowest BCUT2D eigenvalue weighted by atomic mass is 10.1. The minimum absolute atomic E-state index is 0.0459. The molecule has 0 aliphatic heterocycles. The second-order valence-corrected chi connectivity index (χ2v) is 7.99. The number of anilines is 1. The van der Waals surface area contributed by atoms with Crippen molar-refractivity contribution in [2.45, 2.75) is 18.1 Å². The van der Waals surface area contributed by atoms with Gasteiger partial charge < -0.3 is 5.11 Å². The van der Waals surface area contributed by atoms with E-state index < -0.39 is 16.0 Å². The van der Waals surface area contributed by atoms with Crippen molar-refractivity contribution in [1.29, 1.82) is 0 Å².